The van der Waals surface area contributed by atoms with Gasteiger partial charge in [0.2, 0.25) is 0 Å². The van der Waals surface area contributed by atoms with E-state index in [0.717, 1.165) is 17.0 Å². The van der Waals surface area contributed by atoms with Crippen molar-refractivity contribution >= 4 is 5.69 Å². The van der Waals surface area contributed by atoms with Crippen molar-refractivity contribution in [1.29, 1.82) is 0 Å². The van der Waals surface area contributed by atoms with Crippen LogP contribution >= 0.6 is 0 Å². The summed E-state index contributed by atoms with van der Waals surface area (Å²) in [5.74, 6) is 0.848. The second-order valence-electron chi connectivity index (χ2n) is 5.48. The van der Waals surface area contributed by atoms with E-state index in [1.165, 1.54) is 5.56 Å². The summed E-state index contributed by atoms with van der Waals surface area (Å²) >= 11 is 0. The van der Waals surface area contributed by atoms with E-state index in [9.17, 15) is 5.11 Å². The minimum Gasteiger partial charge on any atom is -0.491 e. The molecule has 2 rings (SSSR count). The largest absolute Gasteiger partial charge is 0.491 e. The molecule has 0 aromatic heterocycles. The first-order chi connectivity index (χ1) is 10.1. The monoisotopic (exact) mass is 285 g/mol. The first kappa shape index (κ1) is 15.4. The van der Waals surface area contributed by atoms with Crippen LogP contribution in [-0.4, -0.2) is 17.8 Å². The van der Waals surface area contributed by atoms with Gasteiger partial charge >= 0.3 is 0 Å². The molecular weight excluding hydrogens is 262 g/mol. The van der Waals surface area contributed by atoms with Crippen molar-refractivity contribution in [3.63, 3.8) is 0 Å². The summed E-state index contributed by atoms with van der Waals surface area (Å²) in [4.78, 5) is 0. The average molecular weight is 285 g/mol. The number of anilines is 1. The average Bonchev–Trinajstić information content (AvgIpc) is 2.47. The Bertz CT molecular complexity index is 546. The van der Waals surface area contributed by atoms with Gasteiger partial charge in [-0.1, -0.05) is 29.8 Å². The van der Waals surface area contributed by atoms with Crippen LogP contribution in [0.1, 0.15) is 31.0 Å². The number of aliphatic hydroxyl groups excluding tert-OH is 1. The zero-order valence-corrected chi connectivity index (χ0v) is 12.8. The van der Waals surface area contributed by atoms with Gasteiger partial charge < -0.3 is 15.2 Å². The van der Waals surface area contributed by atoms with Crippen LogP contribution < -0.4 is 10.1 Å². The zero-order valence-electron chi connectivity index (χ0n) is 12.8. The van der Waals surface area contributed by atoms with Crippen LogP contribution in [0.25, 0.3) is 0 Å². The summed E-state index contributed by atoms with van der Waals surface area (Å²) in [6.07, 6.45) is 0.162. The lowest BCUT2D eigenvalue weighted by Crippen LogP contribution is -2.15. The van der Waals surface area contributed by atoms with Crippen molar-refractivity contribution in [1.82, 2.24) is 0 Å². The van der Waals surface area contributed by atoms with Crippen LogP contribution in [0.15, 0.2) is 48.5 Å². The SMILES string of the molecule is Cc1ccc(NC(CO)c2ccc(OC(C)C)cc2)cc1. The molecule has 0 aliphatic rings. The standard InChI is InChI=1S/C18H23NO2/c1-13(2)21-17-10-6-15(7-11-17)18(12-20)19-16-8-4-14(3)5-9-16/h4-11,13,18-20H,12H2,1-3H3. The second kappa shape index (κ2) is 7.14. The Balaban J connectivity index is 2.08. The summed E-state index contributed by atoms with van der Waals surface area (Å²) in [6.45, 7) is 6.10. The predicted molar refractivity (Wildman–Crippen MR) is 86.8 cm³/mol. The molecule has 21 heavy (non-hydrogen) atoms. The Kier molecular flexibility index (Phi) is 5.23. The Hall–Kier alpha value is -2.00. The molecule has 0 bridgehead atoms. The third-order valence-corrected chi connectivity index (χ3v) is 3.23. The van der Waals surface area contributed by atoms with Gasteiger partial charge in [-0.3, -0.25) is 0 Å². The minimum absolute atomic E-state index is 0.0399. The number of ether oxygens (including phenoxy) is 1. The van der Waals surface area contributed by atoms with E-state index in [1.807, 2.05) is 50.2 Å². The van der Waals surface area contributed by atoms with Crippen LogP contribution in [0, 0.1) is 6.92 Å². The maximum Gasteiger partial charge on any atom is 0.119 e. The van der Waals surface area contributed by atoms with Crippen LogP contribution in [0.4, 0.5) is 5.69 Å². The van der Waals surface area contributed by atoms with Gasteiger partial charge in [0.05, 0.1) is 18.8 Å². The Morgan fingerprint density at radius 2 is 1.62 bits per heavy atom. The number of hydrogen-bond donors (Lipinski definition) is 2. The van der Waals surface area contributed by atoms with Crippen molar-refractivity contribution in [2.75, 3.05) is 11.9 Å². The Morgan fingerprint density at radius 3 is 2.14 bits per heavy atom. The van der Waals surface area contributed by atoms with Crippen molar-refractivity contribution in [2.45, 2.75) is 32.9 Å². The van der Waals surface area contributed by atoms with Crippen LogP contribution in [0.2, 0.25) is 0 Å². The molecular formula is C18H23NO2. The van der Waals surface area contributed by atoms with E-state index < -0.39 is 0 Å². The molecule has 0 aliphatic heterocycles. The van der Waals surface area contributed by atoms with E-state index >= 15 is 0 Å². The molecule has 0 fully saturated rings. The van der Waals surface area contributed by atoms with Gasteiger partial charge in [0, 0.05) is 5.69 Å². The van der Waals surface area contributed by atoms with Crippen molar-refractivity contribution in [3.05, 3.63) is 59.7 Å². The molecule has 0 radical (unpaired) electrons. The summed E-state index contributed by atoms with van der Waals surface area (Å²) in [5, 5.41) is 13.0. The Labute approximate surface area is 126 Å². The third kappa shape index (κ3) is 4.50. The first-order valence-electron chi connectivity index (χ1n) is 7.29. The molecule has 0 heterocycles. The highest BCUT2D eigenvalue weighted by Gasteiger charge is 2.10. The van der Waals surface area contributed by atoms with Crippen LogP contribution in [0.5, 0.6) is 5.75 Å². The molecule has 0 amide bonds. The lowest BCUT2D eigenvalue weighted by atomic mass is 10.1. The van der Waals surface area contributed by atoms with Gasteiger partial charge in [-0.15, -0.1) is 0 Å². The summed E-state index contributed by atoms with van der Waals surface area (Å²) < 4.78 is 5.63. The Morgan fingerprint density at radius 1 is 1.00 bits per heavy atom. The normalized spacial score (nSPS) is 12.2. The number of aryl methyl sites for hydroxylation is 1. The summed E-state index contributed by atoms with van der Waals surface area (Å²) in [5.41, 5.74) is 3.26. The fourth-order valence-electron chi connectivity index (χ4n) is 2.14. The second-order valence-corrected chi connectivity index (χ2v) is 5.48. The summed E-state index contributed by atoms with van der Waals surface area (Å²) in [6, 6.07) is 15.9. The van der Waals surface area contributed by atoms with Gasteiger partial charge in [-0.2, -0.15) is 0 Å². The van der Waals surface area contributed by atoms with Gasteiger partial charge in [0.25, 0.3) is 0 Å². The molecule has 1 atom stereocenters. The van der Waals surface area contributed by atoms with E-state index in [0.29, 0.717) is 0 Å². The molecule has 3 heteroatoms. The quantitative estimate of drug-likeness (QED) is 0.845. The highest BCUT2D eigenvalue weighted by Crippen LogP contribution is 2.22. The molecule has 0 saturated carbocycles. The fraction of sp³-hybridized carbons (Fsp3) is 0.333. The molecule has 1 unspecified atom stereocenters. The fourth-order valence-corrected chi connectivity index (χ4v) is 2.14. The predicted octanol–water partition coefficient (Wildman–Crippen LogP) is 3.93. The van der Waals surface area contributed by atoms with Gasteiger partial charge in [-0.25, -0.2) is 0 Å². The van der Waals surface area contributed by atoms with Crippen LogP contribution in [0.3, 0.4) is 0 Å². The van der Waals surface area contributed by atoms with Crippen molar-refractivity contribution < 1.29 is 9.84 Å². The summed E-state index contributed by atoms with van der Waals surface area (Å²) in [7, 11) is 0. The van der Waals surface area contributed by atoms with Crippen molar-refractivity contribution in [2.24, 2.45) is 0 Å². The first-order valence-corrected chi connectivity index (χ1v) is 7.29. The molecule has 0 spiro atoms. The molecule has 0 aliphatic carbocycles. The van der Waals surface area contributed by atoms with Crippen molar-refractivity contribution in [3.8, 4) is 5.75 Å². The van der Waals surface area contributed by atoms with E-state index in [-0.39, 0.29) is 18.8 Å². The number of aliphatic hydroxyl groups is 1. The number of nitrogens with one attached hydrogen (secondary N) is 1. The lowest BCUT2D eigenvalue weighted by Gasteiger charge is -2.19. The van der Waals surface area contributed by atoms with Gasteiger partial charge in [0.1, 0.15) is 5.75 Å². The number of hydrogen-bond acceptors (Lipinski definition) is 3. The molecule has 3 nitrogen and oxygen atoms in total. The van der Waals surface area contributed by atoms with E-state index in [1.54, 1.807) is 0 Å². The highest BCUT2D eigenvalue weighted by atomic mass is 16.5. The number of benzene rings is 2. The number of rotatable bonds is 6. The maximum absolute atomic E-state index is 9.62. The van der Waals surface area contributed by atoms with E-state index in [2.05, 4.69) is 24.4 Å². The molecule has 2 aromatic carbocycles. The molecule has 2 aromatic rings. The van der Waals surface area contributed by atoms with Gasteiger partial charge in [0.15, 0.2) is 0 Å². The zero-order chi connectivity index (χ0) is 15.2. The third-order valence-electron chi connectivity index (χ3n) is 3.23. The minimum atomic E-state index is -0.124. The topological polar surface area (TPSA) is 41.5 Å². The maximum atomic E-state index is 9.62. The molecule has 112 valence electrons. The van der Waals surface area contributed by atoms with Crippen LogP contribution in [-0.2, 0) is 0 Å². The van der Waals surface area contributed by atoms with Gasteiger partial charge in [-0.05, 0) is 50.6 Å². The molecule has 0 saturated heterocycles. The van der Waals surface area contributed by atoms with E-state index in [4.69, 9.17) is 4.74 Å². The smallest absolute Gasteiger partial charge is 0.119 e. The lowest BCUT2D eigenvalue weighted by molar-refractivity contribution is 0.242. The molecule has 2 N–H and O–H groups in total. The highest BCUT2D eigenvalue weighted by molar-refractivity contribution is 5.47.